The number of benzene rings is 1. The standard InChI is InChI=1S/C20H25N5O3/c1-13(2)10-20(3,22)12-28-17-6-5-14(9-15(17)11-21)16-7-8-23-18(24-16)25-19(26)27-4/h5-9,13H,10,12,22H2,1-4H3,(H,23,24,25,26)/t20-/m0/s1. The van der Waals surface area contributed by atoms with Crippen LogP contribution in [0.25, 0.3) is 11.3 Å². The van der Waals surface area contributed by atoms with Crippen LogP contribution in [0.2, 0.25) is 0 Å². The number of amides is 1. The fourth-order valence-corrected chi connectivity index (χ4v) is 2.86. The van der Waals surface area contributed by atoms with Gasteiger partial charge in [-0.2, -0.15) is 5.26 Å². The summed E-state index contributed by atoms with van der Waals surface area (Å²) in [5.74, 6) is 1.02. The van der Waals surface area contributed by atoms with E-state index >= 15 is 0 Å². The second-order valence-electron chi connectivity index (χ2n) is 7.25. The van der Waals surface area contributed by atoms with E-state index < -0.39 is 11.6 Å². The Kier molecular flexibility index (Phi) is 6.90. The average molecular weight is 383 g/mol. The van der Waals surface area contributed by atoms with Gasteiger partial charge in [0.15, 0.2) is 0 Å². The molecule has 0 bridgehead atoms. The zero-order chi connectivity index (χ0) is 20.7. The Morgan fingerprint density at radius 3 is 2.79 bits per heavy atom. The van der Waals surface area contributed by atoms with Gasteiger partial charge >= 0.3 is 6.09 Å². The van der Waals surface area contributed by atoms with Crippen LogP contribution in [-0.4, -0.2) is 35.3 Å². The molecule has 1 atom stereocenters. The lowest BCUT2D eigenvalue weighted by molar-refractivity contribution is 0.186. The number of nitrogens with zero attached hydrogens (tertiary/aromatic N) is 3. The molecule has 1 aromatic carbocycles. The number of nitrogens with one attached hydrogen (secondary N) is 1. The number of aromatic nitrogens is 2. The minimum Gasteiger partial charge on any atom is -0.490 e. The van der Waals surface area contributed by atoms with Gasteiger partial charge < -0.3 is 15.2 Å². The molecule has 28 heavy (non-hydrogen) atoms. The van der Waals surface area contributed by atoms with Gasteiger partial charge in [0.2, 0.25) is 5.95 Å². The first kappa shape index (κ1) is 21.1. The summed E-state index contributed by atoms with van der Waals surface area (Å²) >= 11 is 0. The van der Waals surface area contributed by atoms with Crippen molar-refractivity contribution in [1.29, 1.82) is 5.26 Å². The molecule has 8 nitrogen and oxygen atoms in total. The zero-order valence-corrected chi connectivity index (χ0v) is 16.5. The Morgan fingerprint density at radius 1 is 1.39 bits per heavy atom. The van der Waals surface area contributed by atoms with Gasteiger partial charge in [-0.15, -0.1) is 0 Å². The van der Waals surface area contributed by atoms with Gasteiger partial charge in [-0.05, 0) is 43.5 Å². The Morgan fingerprint density at radius 2 is 2.14 bits per heavy atom. The van der Waals surface area contributed by atoms with Gasteiger partial charge in [-0.1, -0.05) is 13.8 Å². The van der Waals surface area contributed by atoms with Crippen LogP contribution in [0, 0.1) is 17.2 Å². The second-order valence-corrected chi connectivity index (χ2v) is 7.25. The lowest BCUT2D eigenvalue weighted by atomic mass is 9.93. The van der Waals surface area contributed by atoms with Crippen LogP contribution in [0.4, 0.5) is 10.7 Å². The molecule has 0 aliphatic heterocycles. The molecule has 1 heterocycles. The van der Waals surface area contributed by atoms with Crippen molar-refractivity contribution in [2.45, 2.75) is 32.7 Å². The number of hydrogen-bond donors (Lipinski definition) is 2. The maximum absolute atomic E-state index is 11.3. The summed E-state index contributed by atoms with van der Waals surface area (Å²) in [6, 6.07) is 9.00. The molecule has 0 saturated carbocycles. The highest BCUT2D eigenvalue weighted by Crippen LogP contribution is 2.27. The number of carbonyl (C=O) groups is 1. The van der Waals surface area contributed by atoms with Crippen molar-refractivity contribution in [3.8, 4) is 23.1 Å². The number of carbonyl (C=O) groups excluding carboxylic acids is 1. The van der Waals surface area contributed by atoms with E-state index in [1.807, 2.05) is 6.92 Å². The minimum atomic E-state index is -0.662. The molecule has 1 aromatic heterocycles. The third kappa shape index (κ3) is 5.93. The molecule has 3 N–H and O–H groups in total. The maximum atomic E-state index is 11.3. The van der Waals surface area contributed by atoms with Gasteiger partial charge in [-0.25, -0.2) is 14.8 Å². The molecule has 0 radical (unpaired) electrons. The number of nitrogens with two attached hydrogens (primary N) is 1. The number of nitriles is 1. The van der Waals surface area contributed by atoms with Crippen LogP contribution in [-0.2, 0) is 4.74 Å². The van der Waals surface area contributed by atoms with E-state index in [0.717, 1.165) is 6.42 Å². The molecular weight excluding hydrogens is 358 g/mol. The second kappa shape index (κ2) is 9.15. The molecule has 0 spiro atoms. The van der Waals surface area contributed by atoms with Gasteiger partial charge in [0, 0.05) is 17.3 Å². The van der Waals surface area contributed by atoms with Crippen LogP contribution in [0.3, 0.4) is 0 Å². The predicted molar refractivity (Wildman–Crippen MR) is 106 cm³/mol. The molecule has 1 amide bonds. The number of methoxy groups -OCH3 is 1. The fraction of sp³-hybridized carbons (Fsp3) is 0.400. The average Bonchev–Trinajstić information content (AvgIpc) is 2.65. The van der Waals surface area contributed by atoms with Gasteiger partial charge in [0.1, 0.15) is 18.4 Å². The highest BCUT2D eigenvalue weighted by molar-refractivity contribution is 5.82. The van der Waals surface area contributed by atoms with Crippen molar-refractivity contribution in [1.82, 2.24) is 9.97 Å². The van der Waals surface area contributed by atoms with Gasteiger partial charge in [0.25, 0.3) is 0 Å². The topological polar surface area (TPSA) is 123 Å². The first-order valence-electron chi connectivity index (χ1n) is 8.88. The first-order chi connectivity index (χ1) is 13.2. The van der Waals surface area contributed by atoms with Crippen molar-refractivity contribution in [3.05, 3.63) is 36.0 Å². The number of rotatable bonds is 7. The van der Waals surface area contributed by atoms with Crippen molar-refractivity contribution in [3.63, 3.8) is 0 Å². The lowest BCUT2D eigenvalue weighted by Gasteiger charge is -2.26. The van der Waals surface area contributed by atoms with Crippen LogP contribution >= 0.6 is 0 Å². The molecule has 2 rings (SSSR count). The summed E-state index contributed by atoms with van der Waals surface area (Å²) in [5.41, 5.74) is 7.41. The Hall–Kier alpha value is -3.18. The Labute approximate surface area is 164 Å². The van der Waals surface area contributed by atoms with E-state index in [9.17, 15) is 10.1 Å². The molecule has 0 aliphatic rings. The molecule has 0 fully saturated rings. The van der Waals surface area contributed by atoms with Crippen LogP contribution < -0.4 is 15.8 Å². The van der Waals surface area contributed by atoms with Crippen molar-refractivity contribution in [2.75, 3.05) is 19.0 Å². The van der Waals surface area contributed by atoms with E-state index in [1.165, 1.54) is 13.3 Å². The zero-order valence-electron chi connectivity index (χ0n) is 16.5. The third-order valence-corrected chi connectivity index (χ3v) is 3.88. The van der Waals surface area contributed by atoms with E-state index in [-0.39, 0.29) is 5.95 Å². The summed E-state index contributed by atoms with van der Waals surface area (Å²) in [7, 11) is 1.25. The molecular formula is C20H25N5O3. The number of hydrogen-bond acceptors (Lipinski definition) is 7. The van der Waals surface area contributed by atoms with E-state index in [0.29, 0.717) is 35.1 Å². The summed E-state index contributed by atoms with van der Waals surface area (Å²) in [6.07, 6.45) is 1.66. The minimum absolute atomic E-state index is 0.107. The number of anilines is 1. The summed E-state index contributed by atoms with van der Waals surface area (Å²) in [4.78, 5) is 19.5. The van der Waals surface area contributed by atoms with Crippen molar-refractivity contribution < 1.29 is 14.3 Å². The summed E-state index contributed by atoms with van der Waals surface area (Å²) in [5, 5.41) is 11.9. The van der Waals surface area contributed by atoms with Crippen LogP contribution in [0.5, 0.6) is 5.75 Å². The van der Waals surface area contributed by atoms with Crippen molar-refractivity contribution in [2.24, 2.45) is 11.7 Å². The quantitative estimate of drug-likeness (QED) is 0.751. The Balaban J connectivity index is 2.20. The lowest BCUT2D eigenvalue weighted by Crippen LogP contribution is -2.43. The maximum Gasteiger partial charge on any atom is 0.413 e. The normalized spacial score (nSPS) is 12.8. The van der Waals surface area contributed by atoms with Gasteiger partial charge in [0.05, 0.1) is 18.4 Å². The Bertz CT molecular complexity index is 874. The van der Waals surface area contributed by atoms with Crippen molar-refractivity contribution >= 4 is 12.0 Å². The van der Waals surface area contributed by atoms with E-state index in [1.54, 1.807) is 24.3 Å². The third-order valence-electron chi connectivity index (χ3n) is 3.88. The smallest absolute Gasteiger partial charge is 0.413 e. The molecule has 0 saturated heterocycles. The molecule has 2 aromatic rings. The highest BCUT2D eigenvalue weighted by Gasteiger charge is 2.22. The van der Waals surface area contributed by atoms with E-state index in [4.69, 9.17) is 10.5 Å². The molecule has 0 unspecified atom stereocenters. The predicted octanol–water partition coefficient (Wildman–Crippen LogP) is 3.34. The largest absolute Gasteiger partial charge is 0.490 e. The number of ether oxygens (including phenoxy) is 2. The highest BCUT2D eigenvalue weighted by atomic mass is 16.5. The van der Waals surface area contributed by atoms with Gasteiger partial charge in [-0.3, -0.25) is 5.32 Å². The monoisotopic (exact) mass is 383 g/mol. The first-order valence-corrected chi connectivity index (χ1v) is 8.88. The fourth-order valence-electron chi connectivity index (χ4n) is 2.86. The molecule has 0 aliphatic carbocycles. The summed E-state index contributed by atoms with van der Waals surface area (Å²) < 4.78 is 10.4. The SMILES string of the molecule is COC(=O)Nc1nccc(-c2ccc(OC[C@@](C)(N)CC(C)C)c(C#N)c2)n1. The van der Waals surface area contributed by atoms with E-state index in [2.05, 4.69) is 39.9 Å². The van der Waals surface area contributed by atoms with Crippen LogP contribution in [0.15, 0.2) is 30.5 Å². The molecule has 8 heteroatoms. The van der Waals surface area contributed by atoms with Crippen LogP contribution in [0.1, 0.15) is 32.8 Å². The summed E-state index contributed by atoms with van der Waals surface area (Å²) in [6.45, 7) is 6.45. The molecule has 148 valence electrons.